The number of benzene rings is 1. The molecule has 0 unspecified atom stereocenters. The van der Waals surface area contributed by atoms with Crippen LogP contribution in [-0.4, -0.2) is 16.6 Å². The van der Waals surface area contributed by atoms with Gasteiger partial charge in [-0.15, -0.1) is 0 Å². The summed E-state index contributed by atoms with van der Waals surface area (Å²) < 4.78 is 18.5. The molecule has 1 heterocycles. The summed E-state index contributed by atoms with van der Waals surface area (Å²) in [6.07, 6.45) is 10.8. The van der Waals surface area contributed by atoms with E-state index in [1.807, 2.05) is 0 Å². The lowest BCUT2D eigenvalue weighted by Gasteiger charge is -2.06. The van der Waals surface area contributed by atoms with Gasteiger partial charge in [-0.25, -0.2) is 14.4 Å². The molecule has 0 N–H and O–H groups in total. The first kappa shape index (κ1) is 16.4. The summed E-state index contributed by atoms with van der Waals surface area (Å²) in [4.78, 5) is 8.52. The van der Waals surface area contributed by atoms with E-state index in [1.165, 1.54) is 44.2 Å². The number of rotatable bonds is 9. The maximum absolute atomic E-state index is 12.9. The van der Waals surface area contributed by atoms with Gasteiger partial charge >= 0.3 is 0 Å². The van der Waals surface area contributed by atoms with Gasteiger partial charge in [-0.05, 0) is 30.7 Å². The van der Waals surface area contributed by atoms with Gasteiger partial charge in [0.05, 0.1) is 19.0 Å². The van der Waals surface area contributed by atoms with Crippen molar-refractivity contribution in [2.75, 3.05) is 6.61 Å². The Hall–Kier alpha value is -1.97. The molecule has 0 atom stereocenters. The Kier molecular flexibility index (Phi) is 6.81. The smallest absolute Gasteiger partial charge is 0.159 e. The highest BCUT2D eigenvalue weighted by molar-refractivity contribution is 5.54. The topological polar surface area (TPSA) is 35.0 Å². The van der Waals surface area contributed by atoms with Crippen LogP contribution in [0.3, 0.4) is 0 Å². The largest absolute Gasteiger partial charge is 0.490 e. The van der Waals surface area contributed by atoms with Gasteiger partial charge in [0.15, 0.2) is 11.6 Å². The Labute approximate surface area is 131 Å². The third-order valence-electron chi connectivity index (χ3n) is 3.50. The first-order valence-corrected chi connectivity index (χ1v) is 8.00. The summed E-state index contributed by atoms with van der Waals surface area (Å²) in [6.45, 7) is 2.92. The van der Waals surface area contributed by atoms with E-state index in [0.29, 0.717) is 18.2 Å². The van der Waals surface area contributed by atoms with E-state index in [2.05, 4.69) is 16.9 Å². The highest BCUT2D eigenvalue weighted by Crippen LogP contribution is 2.17. The van der Waals surface area contributed by atoms with Gasteiger partial charge in [0.1, 0.15) is 5.82 Å². The molecule has 0 amide bonds. The molecule has 1 aromatic heterocycles. The molecule has 0 fully saturated rings. The van der Waals surface area contributed by atoms with E-state index in [4.69, 9.17) is 4.74 Å². The van der Waals surface area contributed by atoms with Gasteiger partial charge in [0, 0.05) is 5.56 Å². The number of halogens is 1. The molecule has 0 aliphatic rings. The quantitative estimate of drug-likeness (QED) is 0.610. The number of aromatic nitrogens is 2. The van der Waals surface area contributed by atoms with Crippen molar-refractivity contribution in [3.05, 3.63) is 42.5 Å². The Balaban J connectivity index is 1.74. The average Bonchev–Trinajstić information content (AvgIpc) is 2.55. The van der Waals surface area contributed by atoms with E-state index in [1.54, 1.807) is 24.5 Å². The van der Waals surface area contributed by atoms with Crippen molar-refractivity contribution in [1.82, 2.24) is 9.97 Å². The monoisotopic (exact) mass is 302 g/mol. The highest BCUT2D eigenvalue weighted by Gasteiger charge is 2.02. The van der Waals surface area contributed by atoms with E-state index >= 15 is 0 Å². The van der Waals surface area contributed by atoms with Crippen molar-refractivity contribution < 1.29 is 9.13 Å². The minimum atomic E-state index is -0.261. The van der Waals surface area contributed by atoms with Gasteiger partial charge in [-0.2, -0.15) is 0 Å². The molecule has 22 heavy (non-hydrogen) atoms. The molecule has 0 saturated heterocycles. The summed E-state index contributed by atoms with van der Waals surface area (Å²) in [7, 11) is 0. The normalized spacial score (nSPS) is 10.6. The molecule has 4 heteroatoms. The van der Waals surface area contributed by atoms with Crippen molar-refractivity contribution in [3.63, 3.8) is 0 Å². The van der Waals surface area contributed by atoms with Crippen molar-refractivity contribution in [3.8, 4) is 17.1 Å². The highest BCUT2D eigenvalue weighted by atomic mass is 19.1. The second-order valence-electron chi connectivity index (χ2n) is 5.37. The minimum absolute atomic E-state index is 0.261. The van der Waals surface area contributed by atoms with Crippen molar-refractivity contribution in [2.24, 2.45) is 0 Å². The molecule has 0 radical (unpaired) electrons. The molecule has 1 aromatic carbocycles. The maximum Gasteiger partial charge on any atom is 0.159 e. The average molecular weight is 302 g/mol. The zero-order valence-electron chi connectivity index (χ0n) is 13.1. The maximum atomic E-state index is 12.9. The van der Waals surface area contributed by atoms with Crippen molar-refractivity contribution in [2.45, 2.75) is 45.4 Å². The number of nitrogens with zero attached hydrogens (tertiary/aromatic N) is 2. The Bertz CT molecular complexity index is 540. The molecule has 2 aromatic rings. The van der Waals surface area contributed by atoms with E-state index in [9.17, 15) is 4.39 Å². The van der Waals surface area contributed by atoms with Gasteiger partial charge < -0.3 is 4.74 Å². The predicted molar refractivity (Wildman–Crippen MR) is 86.3 cm³/mol. The van der Waals surface area contributed by atoms with Gasteiger partial charge in [-0.1, -0.05) is 39.0 Å². The third-order valence-corrected chi connectivity index (χ3v) is 3.50. The fourth-order valence-corrected chi connectivity index (χ4v) is 2.21. The summed E-state index contributed by atoms with van der Waals surface area (Å²) in [5.74, 6) is 0.994. The lowest BCUT2D eigenvalue weighted by atomic mass is 10.1. The van der Waals surface area contributed by atoms with E-state index in [-0.39, 0.29) is 5.82 Å². The summed E-state index contributed by atoms with van der Waals surface area (Å²) in [5.41, 5.74) is 0.795. The summed E-state index contributed by atoms with van der Waals surface area (Å²) in [5, 5.41) is 0. The van der Waals surface area contributed by atoms with Gasteiger partial charge in [-0.3, -0.25) is 0 Å². The second kappa shape index (κ2) is 9.13. The Morgan fingerprint density at radius 2 is 1.55 bits per heavy atom. The van der Waals surface area contributed by atoms with Crippen molar-refractivity contribution >= 4 is 0 Å². The molecule has 0 aliphatic heterocycles. The van der Waals surface area contributed by atoms with Gasteiger partial charge in [0.25, 0.3) is 0 Å². The number of hydrogen-bond acceptors (Lipinski definition) is 3. The molecule has 118 valence electrons. The predicted octanol–water partition coefficient (Wildman–Crippen LogP) is 5.02. The standard InChI is InChI=1S/C18H23FN2O/c1-2-3-4-5-6-7-12-22-17-13-20-18(21-14-17)15-8-10-16(19)11-9-15/h8-11,13-14H,2-7,12H2,1H3. The Morgan fingerprint density at radius 3 is 2.23 bits per heavy atom. The van der Waals surface area contributed by atoms with Crippen LogP contribution in [0.1, 0.15) is 45.4 Å². The van der Waals surface area contributed by atoms with Crippen LogP contribution < -0.4 is 4.74 Å². The third kappa shape index (κ3) is 5.43. The van der Waals surface area contributed by atoms with Crippen LogP contribution in [0.15, 0.2) is 36.7 Å². The van der Waals surface area contributed by atoms with E-state index < -0.39 is 0 Å². The van der Waals surface area contributed by atoms with Crippen LogP contribution in [0.2, 0.25) is 0 Å². The molecule has 0 saturated carbocycles. The molecule has 0 spiro atoms. The SMILES string of the molecule is CCCCCCCCOc1cnc(-c2ccc(F)cc2)nc1. The summed E-state index contributed by atoms with van der Waals surface area (Å²) in [6, 6.07) is 6.15. The zero-order valence-corrected chi connectivity index (χ0v) is 13.1. The number of unbranched alkanes of at least 4 members (excludes halogenated alkanes) is 5. The fraction of sp³-hybridized carbons (Fsp3) is 0.444. The van der Waals surface area contributed by atoms with Crippen molar-refractivity contribution in [1.29, 1.82) is 0 Å². The molecular formula is C18H23FN2O. The van der Waals surface area contributed by atoms with Crippen LogP contribution in [0.4, 0.5) is 4.39 Å². The molecule has 0 aliphatic carbocycles. The molecule has 0 bridgehead atoms. The van der Waals surface area contributed by atoms with E-state index in [0.717, 1.165) is 12.0 Å². The Morgan fingerprint density at radius 1 is 0.909 bits per heavy atom. The number of ether oxygens (including phenoxy) is 1. The molecular weight excluding hydrogens is 279 g/mol. The minimum Gasteiger partial charge on any atom is -0.490 e. The lowest BCUT2D eigenvalue weighted by Crippen LogP contribution is -1.99. The summed E-state index contributed by atoms with van der Waals surface area (Å²) >= 11 is 0. The van der Waals surface area contributed by atoms with Gasteiger partial charge in [0.2, 0.25) is 0 Å². The van der Waals surface area contributed by atoms with Crippen LogP contribution in [-0.2, 0) is 0 Å². The fourth-order valence-electron chi connectivity index (χ4n) is 2.21. The molecule has 3 nitrogen and oxygen atoms in total. The first-order valence-electron chi connectivity index (χ1n) is 8.00. The van der Waals surface area contributed by atoms with Crippen LogP contribution >= 0.6 is 0 Å². The molecule has 2 rings (SSSR count). The van der Waals surface area contributed by atoms with Crippen LogP contribution in [0.25, 0.3) is 11.4 Å². The van der Waals surface area contributed by atoms with Crippen LogP contribution in [0.5, 0.6) is 5.75 Å². The second-order valence-corrected chi connectivity index (χ2v) is 5.37. The number of hydrogen-bond donors (Lipinski definition) is 0. The zero-order chi connectivity index (χ0) is 15.6. The van der Waals surface area contributed by atoms with Crippen LogP contribution in [0, 0.1) is 5.82 Å². The first-order chi connectivity index (χ1) is 10.8. The lowest BCUT2D eigenvalue weighted by molar-refractivity contribution is 0.302.